The van der Waals surface area contributed by atoms with Gasteiger partial charge in [-0.3, -0.25) is 4.90 Å². The summed E-state index contributed by atoms with van der Waals surface area (Å²) in [6, 6.07) is 5.65. The number of rotatable bonds is 5. The summed E-state index contributed by atoms with van der Waals surface area (Å²) in [7, 11) is 1.53. The Morgan fingerprint density at radius 3 is 2.52 bits per heavy atom. The first kappa shape index (κ1) is 21.8. The molecule has 0 saturated carbocycles. The van der Waals surface area contributed by atoms with Crippen LogP contribution in [0.25, 0.3) is 0 Å². The van der Waals surface area contributed by atoms with Crippen LogP contribution in [0.15, 0.2) is 12.1 Å². The van der Waals surface area contributed by atoms with Crippen LogP contribution in [-0.2, 0) is 0 Å². The summed E-state index contributed by atoms with van der Waals surface area (Å²) in [4.78, 5) is 2.34. The first-order valence-corrected chi connectivity index (χ1v) is 7.47. The summed E-state index contributed by atoms with van der Waals surface area (Å²) in [6.45, 7) is 5.84. The van der Waals surface area contributed by atoms with Crippen LogP contribution in [0.1, 0.15) is 36.9 Å². The monoisotopic (exact) mass is 361 g/mol. The predicted octanol–water partition coefficient (Wildman–Crippen LogP) is 2.86. The number of benzene rings is 1. The van der Waals surface area contributed by atoms with Gasteiger partial charge in [-0.15, -0.1) is 24.8 Å². The van der Waals surface area contributed by atoms with Crippen LogP contribution in [0.3, 0.4) is 0 Å². The molecule has 0 spiro atoms. The minimum Gasteiger partial charge on any atom is -0.504 e. The fourth-order valence-corrected chi connectivity index (χ4v) is 2.96. The normalized spacial score (nSPS) is 15.7. The topological polar surface area (TPSA) is 68.5 Å². The van der Waals surface area contributed by atoms with Crippen molar-refractivity contribution in [2.45, 2.75) is 25.8 Å². The van der Waals surface area contributed by atoms with Gasteiger partial charge in [-0.05, 0) is 18.6 Å². The third-order valence-electron chi connectivity index (χ3n) is 4.01. The minimum absolute atomic E-state index is 0. The molecule has 1 aromatic rings. The lowest BCUT2D eigenvalue weighted by Gasteiger charge is -2.36. The minimum atomic E-state index is 0. The molecule has 0 radical (unpaired) electrons. The van der Waals surface area contributed by atoms with E-state index in [0.29, 0.717) is 16.9 Å². The quantitative estimate of drug-likeness (QED) is 0.843. The molecule has 2 rings (SSSR count). The van der Waals surface area contributed by atoms with E-state index in [1.807, 2.05) is 0 Å². The number of nitrogens with zero attached hydrogens (tertiary/aromatic N) is 2. The number of methoxy groups -OCH3 is 1. The van der Waals surface area contributed by atoms with Gasteiger partial charge in [0.25, 0.3) is 0 Å². The number of hydrogen-bond donors (Lipinski definition) is 2. The van der Waals surface area contributed by atoms with E-state index in [4.69, 9.17) is 4.74 Å². The van der Waals surface area contributed by atoms with Crippen molar-refractivity contribution in [3.63, 3.8) is 0 Å². The van der Waals surface area contributed by atoms with Gasteiger partial charge in [-0.25, -0.2) is 0 Å². The Kier molecular flexibility index (Phi) is 10.0. The van der Waals surface area contributed by atoms with Crippen molar-refractivity contribution < 1.29 is 9.84 Å². The van der Waals surface area contributed by atoms with E-state index in [1.165, 1.54) is 7.11 Å². The van der Waals surface area contributed by atoms with Gasteiger partial charge in [0.15, 0.2) is 11.5 Å². The molecule has 2 N–H and O–H groups in total. The third kappa shape index (κ3) is 4.89. The van der Waals surface area contributed by atoms with Crippen LogP contribution >= 0.6 is 24.8 Å². The molecule has 130 valence electrons. The van der Waals surface area contributed by atoms with E-state index in [1.54, 1.807) is 12.1 Å². The first-order chi connectivity index (χ1) is 10.2. The molecule has 1 heterocycles. The maximum absolute atomic E-state index is 10.5. The molecular weight excluding hydrogens is 337 g/mol. The number of nitriles is 1. The molecule has 0 unspecified atom stereocenters. The zero-order chi connectivity index (χ0) is 15.2. The lowest BCUT2D eigenvalue weighted by atomic mass is 9.94. The number of piperazine rings is 1. The van der Waals surface area contributed by atoms with E-state index < -0.39 is 0 Å². The summed E-state index contributed by atoms with van der Waals surface area (Å²) < 4.78 is 5.21. The summed E-state index contributed by atoms with van der Waals surface area (Å²) in [5.41, 5.74) is 1.24. The smallest absolute Gasteiger partial charge is 0.163 e. The summed E-state index contributed by atoms with van der Waals surface area (Å²) in [5.74, 6) is 0.536. The molecule has 1 atom stereocenters. The van der Waals surface area contributed by atoms with E-state index in [2.05, 4.69) is 23.2 Å². The molecular formula is C16H25Cl2N3O2. The summed E-state index contributed by atoms with van der Waals surface area (Å²) in [5, 5.41) is 23.2. The van der Waals surface area contributed by atoms with E-state index in [9.17, 15) is 10.4 Å². The van der Waals surface area contributed by atoms with Crippen molar-refractivity contribution in [3.8, 4) is 17.6 Å². The van der Waals surface area contributed by atoms with Crippen LogP contribution < -0.4 is 10.1 Å². The van der Waals surface area contributed by atoms with Crippen molar-refractivity contribution in [1.82, 2.24) is 10.2 Å². The Morgan fingerprint density at radius 2 is 2.00 bits per heavy atom. The van der Waals surface area contributed by atoms with Gasteiger partial charge in [0, 0.05) is 37.8 Å². The zero-order valence-corrected chi connectivity index (χ0v) is 15.2. The molecule has 1 aliphatic rings. The Morgan fingerprint density at radius 1 is 1.35 bits per heavy atom. The van der Waals surface area contributed by atoms with Crippen LogP contribution in [0.4, 0.5) is 0 Å². The van der Waals surface area contributed by atoms with Crippen molar-refractivity contribution in [2.24, 2.45) is 0 Å². The van der Waals surface area contributed by atoms with Crippen LogP contribution in [-0.4, -0.2) is 43.3 Å². The Balaban J connectivity index is 0.00000242. The Labute approximate surface area is 150 Å². The van der Waals surface area contributed by atoms with Crippen molar-refractivity contribution in [1.29, 1.82) is 5.26 Å². The third-order valence-corrected chi connectivity index (χ3v) is 4.01. The number of hydrogen-bond acceptors (Lipinski definition) is 5. The highest BCUT2D eigenvalue weighted by atomic mass is 35.5. The second kappa shape index (κ2) is 10.6. The maximum atomic E-state index is 10.5. The molecule has 0 aromatic heterocycles. The standard InChI is InChI=1S/C16H23N3O2.2ClH/c1-3-4-13(19-9-7-18-8-10-19)15-12(11-17)5-6-14(21-2)16(15)20;;/h5-6,13,18,20H,3-4,7-10H2,1-2H3;2*1H/t13-;;/m1../s1. The lowest BCUT2D eigenvalue weighted by Crippen LogP contribution is -2.45. The molecule has 0 bridgehead atoms. The predicted molar refractivity (Wildman–Crippen MR) is 96.0 cm³/mol. The highest BCUT2D eigenvalue weighted by Crippen LogP contribution is 2.40. The van der Waals surface area contributed by atoms with Crippen LogP contribution in [0.5, 0.6) is 11.5 Å². The van der Waals surface area contributed by atoms with E-state index >= 15 is 0 Å². The number of nitrogens with one attached hydrogen (secondary N) is 1. The van der Waals surface area contributed by atoms with Crippen LogP contribution in [0, 0.1) is 11.3 Å². The van der Waals surface area contributed by atoms with Crippen molar-refractivity contribution in [3.05, 3.63) is 23.3 Å². The molecule has 23 heavy (non-hydrogen) atoms. The fourth-order valence-electron chi connectivity index (χ4n) is 2.96. The van der Waals surface area contributed by atoms with Gasteiger partial charge >= 0.3 is 0 Å². The number of phenols is 1. The molecule has 1 saturated heterocycles. The largest absolute Gasteiger partial charge is 0.504 e. The number of phenolic OH excluding ortho intramolecular Hbond substituents is 1. The van der Waals surface area contributed by atoms with E-state index in [-0.39, 0.29) is 36.6 Å². The Hall–Kier alpha value is -1.19. The zero-order valence-electron chi connectivity index (χ0n) is 13.5. The molecule has 1 aliphatic heterocycles. The molecule has 0 amide bonds. The molecule has 5 nitrogen and oxygen atoms in total. The summed E-state index contributed by atoms with van der Waals surface area (Å²) >= 11 is 0. The lowest BCUT2D eigenvalue weighted by molar-refractivity contribution is 0.161. The molecule has 7 heteroatoms. The number of aromatic hydroxyl groups is 1. The summed E-state index contributed by atoms with van der Waals surface area (Å²) in [6.07, 6.45) is 1.91. The Bertz CT molecular complexity index is 529. The first-order valence-electron chi connectivity index (χ1n) is 7.47. The van der Waals surface area contributed by atoms with Gasteiger partial charge in [0.05, 0.1) is 18.7 Å². The average molecular weight is 362 g/mol. The van der Waals surface area contributed by atoms with Gasteiger partial charge in [-0.2, -0.15) is 5.26 Å². The average Bonchev–Trinajstić information content (AvgIpc) is 2.53. The maximum Gasteiger partial charge on any atom is 0.163 e. The number of halogens is 2. The van der Waals surface area contributed by atoms with Crippen molar-refractivity contribution in [2.75, 3.05) is 33.3 Å². The van der Waals surface area contributed by atoms with Gasteiger partial charge in [0.2, 0.25) is 0 Å². The second-order valence-electron chi connectivity index (χ2n) is 5.28. The molecule has 1 fully saturated rings. The van der Waals surface area contributed by atoms with Crippen LogP contribution in [0.2, 0.25) is 0 Å². The van der Waals surface area contributed by atoms with Gasteiger partial charge < -0.3 is 15.2 Å². The fraction of sp³-hybridized carbons (Fsp3) is 0.562. The highest BCUT2D eigenvalue weighted by molar-refractivity contribution is 5.85. The number of ether oxygens (including phenoxy) is 1. The van der Waals surface area contributed by atoms with Crippen molar-refractivity contribution >= 4 is 24.8 Å². The van der Waals surface area contributed by atoms with E-state index in [0.717, 1.165) is 39.0 Å². The molecule has 1 aromatic carbocycles. The highest BCUT2D eigenvalue weighted by Gasteiger charge is 2.27. The second-order valence-corrected chi connectivity index (χ2v) is 5.28. The van der Waals surface area contributed by atoms with Gasteiger partial charge in [-0.1, -0.05) is 13.3 Å². The van der Waals surface area contributed by atoms with Gasteiger partial charge in [0.1, 0.15) is 0 Å². The molecule has 0 aliphatic carbocycles. The SMILES string of the molecule is CCC[C@H](c1c(C#N)ccc(OC)c1O)N1CCNCC1.Cl.Cl.